The number of rotatable bonds is 9. The molecule has 6 heteroatoms. The average Bonchev–Trinajstić information content (AvgIpc) is 2.50. The van der Waals surface area contributed by atoms with Gasteiger partial charge in [-0.05, 0) is 44.0 Å². The molecule has 0 spiro atoms. The summed E-state index contributed by atoms with van der Waals surface area (Å²) in [7, 11) is 0. The molecule has 0 aromatic heterocycles. The zero-order chi connectivity index (χ0) is 16.7. The molecule has 2 N–H and O–H groups in total. The SMILES string of the molecule is CCCOc1ccc(NC(=O)C(C)C2CNC2)cc1OCCC.Cl. The van der Waals surface area contributed by atoms with Gasteiger partial charge in [0.1, 0.15) is 0 Å². The van der Waals surface area contributed by atoms with Crippen molar-refractivity contribution in [3.8, 4) is 11.5 Å². The van der Waals surface area contributed by atoms with Crippen molar-refractivity contribution < 1.29 is 14.3 Å². The Bertz CT molecular complexity index is 521. The zero-order valence-electron chi connectivity index (χ0n) is 14.8. The van der Waals surface area contributed by atoms with E-state index in [2.05, 4.69) is 24.5 Å². The molecule has 2 rings (SSSR count). The summed E-state index contributed by atoms with van der Waals surface area (Å²) in [5, 5.41) is 6.19. The number of anilines is 1. The standard InChI is InChI=1S/C18H28N2O3.ClH/c1-4-8-22-16-7-6-15(10-17(16)23-9-5-2)20-18(21)13(3)14-11-19-12-14;/h6-7,10,13-14,19H,4-5,8-9,11-12H2,1-3H3,(H,20,21);1H. The Balaban J connectivity index is 0.00000288. The second-order valence-electron chi connectivity index (χ2n) is 6.05. The molecule has 136 valence electrons. The molecule has 1 aliphatic heterocycles. The van der Waals surface area contributed by atoms with Crippen LogP contribution in [0.5, 0.6) is 11.5 Å². The Labute approximate surface area is 150 Å². The molecule has 24 heavy (non-hydrogen) atoms. The third kappa shape index (κ3) is 5.56. The van der Waals surface area contributed by atoms with Gasteiger partial charge >= 0.3 is 0 Å². The van der Waals surface area contributed by atoms with E-state index in [1.54, 1.807) is 0 Å². The molecule has 5 nitrogen and oxygen atoms in total. The number of benzene rings is 1. The van der Waals surface area contributed by atoms with Crippen molar-refractivity contribution in [1.82, 2.24) is 5.32 Å². The maximum absolute atomic E-state index is 12.3. The lowest BCUT2D eigenvalue weighted by Gasteiger charge is -2.31. The third-order valence-corrected chi connectivity index (χ3v) is 4.07. The van der Waals surface area contributed by atoms with Gasteiger partial charge in [-0.1, -0.05) is 20.8 Å². The van der Waals surface area contributed by atoms with Crippen LogP contribution in [0.25, 0.3) is 0 Å². The van der Waals surface area contributed by atoms with Crippen LogP contribution in [0.3, 0.4) is 0 Å². The summed E-state index contributed by atoms with van der Waals surface area (Å²) in [6, 6.07) is 5.59. The lowest BCUT2D eigenvalue weighted by molar-refractivity contribution is -0.121. The van der Waals surface area contributed by atoms with Gasteiger partial charge in [-0.25, -0.2) is 0 Å². The number of hydrogen-bond donors (Lipinski definition) is 2. The molecule has 1 aromatic rings. The minimum absolute atomic E-state index is 0. The zero-order valence-corrected chi connectivity index (χ0v) is 15.6. The molecule has 1 atom stereocenters. The van der Waals surface area contributed by atoms with E-state index in [1.807, 2.05) is 25.1 Å². The van der Waals surface area contributed by atoms with Crippen molar-refractivity contribution in [1.29, 1.82) is 0 Å². The van der Waals surface area contributed by atoms with Gasteiger partial charge < -0.3 is 20.1 Å². The highest BCUT2D eigenvalue weighted by Crippen LogP contribution is 2.31. The van der Waals surface area contributed by atoms with Gasteiger partial charge in [-0.2, -0.15) is 0 Å². The largest absolute Gasteiger partial charge is 0.490 e. The Morgan fingerprint density at radius 3 is 2.38 bits per heavy atom. The highest BCUT2D eigenvalue weighted by Gasteiger charge is 2.28. The Morgan fingerprint density at radius 2 is 1.83 bits per heavy atom. The smallest absolute Gasteiger partial charge is 0.227 e. The predicted molar refractivity (Wildman–Crippen MR) is 99.4 cm³/mol. The van der Waals surface area contributed by atoms with E-state index in [1.165, 1.54) is 0 Å². The number of carbonyl (C=O) groups excluding carboxylic acids is 1. The summed E-state index contributed by atoms with van der Waals surface area (Å²) in [6.07, 6.45) is 1.87. The minimum Gasteiger partial charge on any atom is -0.490 e. The van der Waals surface area contributed by atoms with Crippen LogP contribution in [0.1, 0.15) is 33.6 Å². The number of halogens is 1. The van der Waals surface area contributed by atoms with Crippen molar-refractivity contribution in [3.05, 3.63) is 18.2 Å². The number of ether oxygens (including phenoxy) is 2. The summed E-state index contributed by atoms with van der Waals surface area (Å²) in [6.45, 7) is 9.23. The Kier molecular flexibility index (Phi) is 8.93. The summed E-state index contributed by atoms with van der Waals surface area (Å²) < 4.78 is 11.5. The lowest BCUT2D eigenvalue weighted by Crippen LogP contribution is -2.48. The van der Waals surface area contributed by atoms with Crippen molar-refractivity contribution in [2.75, 3.05) is 31.6 Å². The molecule has 1 fully saturated rings. The number of carbonyl (C=O) groups is 1. The lowest BCUT2D eigenvalue weighted by atomic mass is 9.88. The molecule has 0 aliphatic carbocycles. The van der Waals surface area contributed by atoms with Crippen molar-refractivity contribution in [2.45, 2.75) is 33.6 Å². The van der Waals surface area contributed by atoms with Crippen LogP contribution in [0.15, 0.2) is 18.2 Å². The topological polar surface area (TPSA) is 59.6 Å². The van der Waals surface area contributed by atoms with E-state index in [4.69, 9.17) is 9.47 Å². The van der Waals surface area contributed by atoms with Gasteiger partial charge in [0.05, 0.1) is 13.2 Å². The highest BCUT2D eigenvalue weighted by atomic mass is 35.5. The molecule has 0 saturated carbocycles. The van der Waals surface area contributed by atoms with E-state index >= 15 is 0 Å². The van der Waals surface area contributed by atoms with Crippen molar-refractivity contribution >= 4 is 24.0 Å². The minimum atomic E-state index is 0. The maximum Gasteiger partial charge on any atom is 0.227 e. The quantitative estimate of drug-likeness (QED) is 0.711. The van der Waals surface area contributed by atoms with Crippen molar-refractivity contribution in [3.63, 3.8) is 0 Å². The van der Waals surface area contributed by atoms with E-state index < -0.39 is 0 Å². The first-order valence-electron chi connectivity index (χ1n) is 8.56. The second kappa shape index (κ2) is 10.4. The number of nitrogens with one attached hydrogen (secondary N) is 2. The summed E-state index contributed by atoms with van der Waals surface area (Å²) in [5.74, 6) is 1.91. The van der Waals surface area contributed by atoms with Crippen LogP contribution in [0, 0.1) is 11.8 Å². The van der Waals surface area contributed by atoms with Crippen LogP contribution in [-0.4, -0.2) is 32.2 Å². The summed E-state index contributed by atoms with van der Waals surface area (Å²) in [5.41, 5.74) is 0.754. The van der Waals surface area contributed by atoms with Gasteiger partial charge in [-0.15, -0.1) is 12.4 Å². The first-order valence-corrected chi connectivity index (χ1v) is 8.56. The fourth-order valence-electron chi connectivity index (χ4n) is 2.38. The van der Waals surface area contributed by atoms with Gasteiger partial charge in [0.2, 0.25) is 5.91 Å². The average molecular weight is 357 g/mol. The van der Waals surface area contributed by atoms with E-state index in [0.717, 1.165) is 37.4 Å². The van der Waals surface area contributed by atoms with E-state index in [-0.39, 0.29) is 24.2 Å². The normalized spacial score (nSPS) is 15.0. The molecule has 0 radical (unpaired) electrons. The van der Waals surface area contributed by atoms with Gasteiger partial charge in [0.15, 0.2) is 11.5 Å². The molecular weight excluding hydrogens is 328 g/mol. The fourth-order valence-corrected chi connectivity index (χ4v) is 2.38. The van der Waals surface area contributed by atoms with E-state index in [9.17, 15) is 4.79 Å². The fraction of sp³-hybridized carbons (Fsp3) is 0.611. The number of amides is 1. The van der Waals surface area contributed by atoms with Gasteiger partial charge in [0, 0.05) is 17.7 Å². The second-order valence-corrected chi connectivity index (χ2v) is 6.05. The molecule has 1 aromatic carbocycles. The van der Waals surface area contributed by atoms with Crippen LogP contribution in [0.4, 0.5) is 5.69 Å². The monoisotopic (exact) mass is 356 g/mol. The van der Waals surface area contributed by atoms with Crippen LogP contribution in [-0.2, 0) is 4.79 Å². The summed E-state index contributed by atoms with van der Waals surface area (Å²) >= 11 is 0. The van der Waals surface area contributed by atoms with Crippen LogP contribution in [0.2, 0.25) is 0 Å². The van der Waals surface area contributed by atoms with Gasteiger partial charge in [-0.3, -0.25) is 4.79 Å². The molecule has 1 aliphatic rings. The molecule has 1 unspecified atom stereocenters. The molecular formula is C18H29ClN2O3. The van der Waals surface area contributed by atoms with E-state index in [0.29, 0.717) is 24.9 Å². The Hall–Kier alpha value is -1.46. The van der Waals surface area contributed by atoms with Crippen LogP contribution >= 0.6 is 12.4 Å². The third-order valence-electron chi connectivity index (χ3n) is 4.07. The molecule has 0 bridgehead atoms. The van der Waals surface area contributed by atoms with Crippen LogP contribution < -0.4 is 20.1 Å². The highest BCUT2D eigenvalue weighted by molar-refractivity contribution is 5.93. The first kappa shape index (κ1) is 20.6. The number of hydrogen-bond acceptors (Lipinski definition) is 4. The molecule has 1 amide bonds. The Morgan fingerprint density at radius 1 is 1.21 bits per heavy atom. The van der Waals surface area contributed by atoms with Gasteiger partial charge in [0.25, 0.3) is 0 Å². The van der Waals surface area contributed by atoms with Crippen molar-refractivity contribution in [2.24, 2.45) is 11.8 Å². The maximum atomic E-state index is 12.3. The summed E-state index contributed by atoms with van der Waals surface area (Å²) in [4.78, 5) is 12.3. The molecule has 1 saturated heterocycles. The predicted octanol–water partition coefficient (Wildman–Crippen LogP) is 3.48. The first-order chi connectivity index (χ1) is 11.2. The molecule has 1 heterocycles.